The average molecular weight is 657 g/mol. The molecule has 2 heterocycles. The third-order valence-electron chi connectivity index (χ3n) is 8.02. The monoisotopic (exact) mass is 656 g/mol. The smallest absolute Gasteiger partial charge is 0.161 e. The Morgan fingerprint density at radius 2 is 1.29 bits per heavy atom. The number of nitrogens with one attached hydrogen (secondary N) is 1. The van der Waals surface area contributed by atoms with E-state index in [4.69, 9.17) is 14.5 Å². The SMILES string of the molecule is COc1cc(-c2cc(N[C@@H](C)c3ccccc3)ncn2)ccc1O.COc1cc(-c2nc(C[C@H](C)c3ccccc3)nnc2C)ccc1O. The number of aryl methyl sites for hydroxylation is 1. The van der Waals surface area contributed by atoms with Gasteiger partial charge in [0.25, 0.3) is 0 Å². The van der Waals surface area contributed by atoms with Crippen molar-refractivity contribution in [2.24, 2.45) is 0 Å². The molecule has 6 aromatic rings. The van der Waals surface area contributed by atoms with Crippen molar-refractivity contribution in [3.05, 3.63) is 132 Å². The standard InChI is InChI=1S/C20H21N3O2.C19H19N3O2/c1-13(15-7-5-4-6-8-15)11-19-21-20(14(2)22-23-19)16-9-10-17(24)18(12-16)25-3;1-13(14-6-4-3-5-7-14)22-19-11-16(20-12-21-19)15-8-9-17(23)18(10-15)24-2/h4-10,12-13,24H,11H2,1-3H3;3-13,23H,1-2H3,(H,20,21,22)/t2*13-/m00/s1. The highest BCUT2D eigenvalue weighted by Crippen LogP contribution is 2.33. The van der Waals surface area contributed by atoms with Crippen molar-refractivity contribution in [3.63, 3.8) is 0 Å². The van der Waals surface area contributed by atoms with Crippen LogP contribution in [0.2, 0.25) is 0 Å². The molecule has 0 aliphatic rings. The number of phenols is 2. The van der Waals surface area contributed by atoms with Gasteiger partial charge >= 0.3 is 0 Å². The summed E-state index contributed by atoms with van der Waals surface area (Å²) in [5.74, 6) is 2.77. The summed E-state index contributed by atoms with van der Waals surface area (Å²) in [6, 6.07) is 32.8. The van der Waals surface area contributed by atoms with Gasteiger partial charge in [0.1, 0.15) is 12.1 Å². The number of hydrogen-bond donors (Lipinski definition) is 3. The van der Waals surface area contributed by atoms with E-state index in [0.29, 0.717) is 29.7 Å². The molecule has 0 bridgehead atoms. The van der Waals surface area contributed by atoms with Crippen molar-refractivity contribution >= 4 is 5.82 Å². The summed E-state index contributed by atoms with van der Waals surface area (Å²) < 4.78 is 10.3. The zero-order valence-electron chi connectivity index (χ0n) is 28.2. The number of benzene rings is 4. The minimum absolute atomic E-state index is 0.101. The lowest BCUT2D eigenvalue weighted by atomic mass is 9.97. The topological polar surface area (TPSA) is 135 Å². The Labute approximate surface area is 286 Å². The van der Waals surface area contributed by atoms with Gasteiger partial charge in [-0.3, -0.25) is 0 Å². The zero-order chi connectivity index (χ0) is 34.8. The maximum absolute atomic E-state index is 9.78. The van der Waals surface area contributed by atoms with Gasteiger partial charge in [-0.1, -0.05) is 67.6 Å². The van der Waals surface area contributed by atoms with Crippen LogP contribution in [0.15, 0.2) is 109 Å². The van der Waals surface area contributed by atoms with Crippen LogP contribution < -0.4 is 14.8 Å². The van der Waals surface area contributed by atoms with E-state index in [1.54, 1.807) is 36.4 Å². The molecule has 0 saturated carbocycles. The van der Waals surface area contributed by atoms with Crippen LogP contribution in [0.5, 0.6) is 23.0 Å². The van der Waals surface area contributed by atoms with Crippen molar-refractivity contribution in [2.45, 2.75) is 39.2 Å². The van der Waals surface area contributed by atoms with Gasteiger partial charge in [0, 0.05) is 29.7 Å². The summed E-state index contributed by atoms with van der Waals surface area (Å²) in [5, 5.41) is 31.4. The molecule has 49 heavy (non-hydrogen) atoms. The lowest BCUT2D eigenvalue weighted by Crippen LogP contribution is -2.08. The fourth-order valence-corrected chi connectivity index (χ4v) is 5.25. The Balaban J connectivity index is 0.000000191. The highest BCUT2D eigenvalue weighted by atomic mass is 16.5. The Kier molecular flexibility index (Phi) is 11.3. The number of ether oxygens (including phenoxy) is 2. The van der Waals surface area contributed by atoms with Crippen molar-refractivity contribution in [3.8, 4) is 45.5 Å². The molecule has 6 rings (SSSR count). The van der Waals surface area contributed by atoms with Crippen LogP contribution in [-0.4, -0.2) is 49.6 Å². The Hall–Kier alpha value is -6.03. The minimum atomic E-state index is 0.101. The van der Waals surface area contributed by atoms with Crippen molar-refractivity contribution in [2.75, 3.05) is 19.5 Å². The van der Waals surface area contributed by atoms with E-state index in [1.165, 1.54) is 31.7 Å². The van der Waals surface area contributed by atoms with Crippen LogP contribution in [-0.2, 0) is 6.42 Å². The second-order valence-electron chi connectivity index (χ2n) is 11.5. The van der Waals surface area contributed by atoms with E-state index >= 15 is 0 Å². The Bertz CT molecular complexity index is 1970. The second-order valence-corrected chi connectivity index (χ2v) is 11.5. The van der Waals surface area contributed by atoms with Crippen LogP contribution in [0, 0.1) is 6.92 Å². The minimum Gasteiger partial charge on any atom is -0.504 e. The largest absolute Gasteiger partial charge is 0.504 e. The van der Waals surface area contributed by atoms with E-state index in [2.05, 4.69) is 63.6 Å². The number of phenolic OH excluding ortho intramolecular Hbond substituents is 2. The van der Waals surface area contributed by atoms with Crippen LogP contribution in [0.1, 0.15) is 48.5 Å². The molecule has 0 radical (unpaired) electrons. The Morgan fingerprint density at radius 1 is 0.694 bits per heavy atom. The van der Waals surface area contributed by atoms with Crippen LogP contribution in [0.3, 0.4) is 0 Å². The van der Waals surface area contributed by atoms with Gasteiger partial charge < -0.3 is 25.0 Å². The summed E-state index contributed by atoms with van der Waals surface area (Å²) in [5.41, 5.74) is 6.38. The van der Waals surface area contributed by atoms with E-state index in [1.807, 2.05) is 49.4 Å². The molecule has 250 valence electrons. The number of aromatic hydroxyl groups is 2. The van der Waals surface area contributed by atoms with Crippen LogP contribution in [0.4, 0.5) is 5.82 Å². The van der Waals surface area contributed by atoms with E-state index in [9.17, 15) is 10.2 Å². The van der Waals surface area contributed by atoms with Gasteiger partial charge in [0.2, 0.25) is 0 Å². The third-order valence-corrected chi connectivity index (χ3v) is 8.02. The van der Waals surface area contributed by atoms with Crippen molar-refractivity contribution < 1.29 is 19.7 Å². The van der Waals surface area contributed by atoms with Gasteiger partial charge in [0.05, 0.1) is 31.3 Å². The summed E-state index contributed by atoms with van der Waals surface area (Å²) in [7, 11) is 3.05. The molecule has 0 saturated heterocycles. The first-order valence-corrected chi connectivity index (χ1v) is 15.9. The van der Waals surface area contributed by atoms with Crippen LogP contribution >= 0.6 is 0 Å². The molecule has 0 spiro atoms. The number of anilines is 1. The lowest BCUT2D eigenvalue weighted by molar-refractivity contribution is 0.373. The molecule has 4 aromatic carbocycles. The normalized spacial score (nSPS) is 11.9. The van der Waals surface area contributed by atoms with Gasteiger partial charge in [0.15, 0.2) is 28.8 Å². The summed E-state index contributed by atoms with van der Waals surface area (Å²) in [4.78, 5) is 13.3. The first-order valence-electron chi connectivity index (χ1n) is 15.9. The quantitative estimate of drug-likeness (QED) is 0.133. The van der Waals surface area contributed by atoms with Crippen LogP contribution in [0.25, 0.3) is 22.5 Å². The molecular weight excluding hydrogens is 616 g/mol. The molecule has 0 amide bonds. The van der Waals surface area contributed by atoms with Gasteiger partial charge in [-0.05, 0) is 67.3 Å². The molecule has 0 fully saturated rings. The molecule has 0 aliphatic carbocycles. The summed E-state index contributed by atoms with van der Waals surface area (Å²) in [6.07, 6.45) is 2.23. The number of aromatic nitrogens is 5. The number of hydrogen-bond acceptors (Lipinski definition) is 10. The lowest BCUT2D eigenvalue weighted by Gasteiger charge is -2.15. The van der Waals surface area contributed by atoms with E-state index in [0.717, 1.165) is 34.0 Å². The number of rotatable bonds is 10. The van der Waals surface area contributed by atoms with E-state index < -0.39 is 0 Å². The summed E-state index contributed by atoms with van der Waals surface area (Å²) >= 11 is 0. The van der Waals surface area contributed by atoms with Crippen molar-refractivity contribution in [1.82, 2.24) is 25.1 Å². The number of methoxy groups -OCH3 is 2. The predicted molar refractivity (Wildman–Crippen MR) is 191 cm³/mol. The first kappa shape index (κ1) is 34.3. The zero-order valence-corrected chi connectivity index (χ0v) is 28.2. The maximum Gasteiger partial charge on any atom is 0.161 e. The predicted octanol–water partition coefficient (Wildman–Crippen LogP) is 7.94. The summed E-state index contributed by atoms with van der Waals surface area (Å²) in [6.45, 7) is 6.11. The molecule has 0 aliphatic heterocycles. The number of nitrogens with zero attached hydrogens (tertiary/aromatic N) is 5. The van der Waals surface area contributed by atoms with Gasteiger partial charge in [-0.25, -0.2) is 15.0 Å². The van der Waals surface area contributed by atoms with Crippen molar-refractivity contribution in [1.29, 1.82) is 0 Å². The van der Waals surface area contributed by atoms with Gasteiger partial charge in [-0.2, -0.15) is 5.10 Å². The first-order chi connectivity index (χ1) is 23.7. The molecular formula is C39H40N6O4. The van der Waals surface area contributed by atoms with Gasteiger partial charge in [-0.15, -0.1) is 5.10 Å². The molecule has 10 nitrogen and oxygen atoms in total. The fourth-order valence-electron chi connectivity index (χ4n) is 5.25. The molecule has 0 unspecified atom stereocenters. The third kappa shape index (κ3) is 8.86. The highest BCUT2D eigenvalue weighted by molar-refractivity contribution is 5.66. The average Bonchev–Trinajstić information content (AvgIpc) is 3.14. The maximum atomic E-state index is 9.78. The molecule has 10 heteroatoms. The molecule has 2 aromatic heterocycles. The molecule has 2 atom stereocenters. The highest BCUT2D eigenvalue weighted by Gasteiger charge is 2.14. The molecule has 3 N–H and O–H groups in total. The fraction of sp³-hybridized carbons (Fsp3) is 0.205. The Morgan fingerprint density at radius 3 is 1.92 bits per heavy atom. The van der Waals surface area contributed by atoms with E-state index in [-0.39, 0.29) is 17.5 Å². The second kappa shape index (κ2) is 16.2.